The molecule has 0 bridgehead atoms. The maximum atomic E-state index is 6.30. The van der Waals surface area contributed by atoms with E-state index in [1.165, 1.54) is 11.1 Å². The average molecular weight is 234 g/mol. The predicted molar refractivity (Wildman–Crippen MR) is 75.1 cm³/mol. The summed E-state index contributed by atoms with van der Waals surface area (Å²) < 4.78 is 0. The van der Waals surface area contributed by atoms with Crippen molar-refractivity contribution in [3.05, 3.63) is 35.4 Å². The molecule has 0 radical (unpaired) electrons. The Bertz CT molecular complexity index is 347. The van der Waals surface area contributed by atoms with E-state index in [0.717, 1.165) is 6.42 Å². The molecule has 1 rings (SSSR count). The maximum Gasteiger partial charge on any atom is 0.0498 e. The molecule has 0 aliphatic carbocycles. The number of benzene rings is 1. The van der Waals surface area contributed by atoms with Crippen LogP contribution in [-0.4, -0.2) is 24.0 Å². The minimum Gasteiger partial charge on any atom is -0.326 e. The molecule has 2 heteroatoms. The Hall–Kier alpha value is -0.860. The Labute approximate surface area is 106 Å². The predicted octanol–water partition coefficient (Wildman–Crippen LogP) is 3.11. The third-order valence-corrected chi connectivity index (χ3v) is 3.51. The van der Waals surface area contributed by atoms with E-state index in [1.54, 1.807) is 0 Å². The highest BCUT2D eigenvalue weighted by Gasteiger charge is 2.24. The Balaban J connectivity index is 3.06. The molecule has 2 N–H and O–H groups in total. The number of hydrogen-bond donors (Lipinski definition) is 1. The molecular weight excluding hydrogens is 208 g/mol. The number of hydrogen-bond acceptors (Lipinski definition) is 2. The number of aryl methyl sites for hydroxylation is 1. The van der Waals surface area contributed by atoms with Crippen LogP contribution in [0.3, 0.4) is 0 Å². The van der Waals surface area contributed by atoms with Crippen LogP contribution >= 0.6 is 0 Å². The van der Waals surface area contributed by atoms with Gasteiger partial charge >= 0.3 is 0 Å². The largest absolute Gasteiger partial charge is 0.326 e. The standard InChI is InChI=1S/C15H26N2/c1-6-14(16)15(17(5)11(2)3)13-9-7-8-12(4)10-13/h7-11,14-15H,6,16H2,1-5H3. The summed E-state index contributed by atoms with van der Waals surface area (Å²) in [4.78, 5) is 2.36. The van der Waals surface area contributed by atoms with Crippen molar-refractivity contribution in [3.63, 3.8) is 0 Å². The lowest BCUT2D eigenvalue weighted by Gasteiger charge is -2.35. The number of rotatable bonds is 5. The second kappa shape index (κ2) is 6.18. The molecule has 2 atom stereocenters. The topological polar surface area (TPSA) is 29.3 Å². The van der Waals surface area contributed by atoms with Crippen LogP contribution in [0, 0.1) is 6.92 Å². The Morgan fingerprint density at radius 3 is 2.41 bits per heavy atom. The number of nitrogens with two attached hydrogens (primary N) is 1. The molecule has 0 amide bonds. The van der Waals surface area contributed by atoms with Crippen LogP contribution in [-0.2, 0) is 0 Å². The van der Waals surface area contributed by atoms with Crippen LogP contribution in [0.5, 0.6) is 0 Å². The second-order valence-electron chi connectivity index (χ2n) is 5.19. The summed E-state index contributed by atoms with van der Waals surface area (Å²) in [7, 11) is 2.16. The van der Waals surface area contributed by atoms with Crippen LogP contribution in [0.2, 0.25) is 0 Å². The minimum atomic E-state index is 0.184. The lowest BCUT2D eigenvalue weighted by molar-refractivity contribution is 0.168. The summed E-state index contributed by atoms with van der Waals surface area (Å²) in [5.74, 6) is 0. The molecule has 1 aromatic rings. The highest BCUT2D eigenvalue weighted by atomic mass is 15.2. The molecule has 17 heavy (non-hydrogen) atoms. The molecule has 0 saturated heterocycles. The lowest BCUT2D eigenvalue weighted by Crippen LogP contribution is -2.42. The summed E-state index contributed by atoms with van der Waals surface area (Å²) in [6.07, 6.45) is 0.996. The van der Waals surface area contributed by atoms with Gasteiger partial charge in [0.15, 0.2) is 0 Å². The first-order valence-electron chi connectivity index (χ1n) is 6.51. The number of likely N-dealkylation sites (N-methyl/N-ethyl adjacent to an activating group) is 1. The van der Waals surface area contributed by atoms with E-state index in [9.17, 15) is 0 Å². The van der Waals surface area contributed by atoms with Gasteiger partial charge in [-0.15, -0.1) is 0 Å². The fourth-order valence-electron chi connectivity index (χ4n) is 2.18. The van der Waals surface area contributed by atoms with Gasteiger partial charge in [-0.3, -0.25) is 4.90 Å². The van der Waals surface area contributed by atoms with Crippen LogP contribution in [0.25, 0.3) is 0 Å². The van der Waals surface area contributed by atoms with Gasteiger partial charge in [-0.1, -0.05) is 36.8 Å². The van der Waals surface area contributed by atoms with Gasteiger partial charge in [0.05, 0.1) is 0 Å². The highest BCUT2D eigenvalue weighted by Crippen LogP contribution is 2.26. The molecule has 0 aliphatic heterocycles. The van der Waals surface area contributed by atoms with Gasteiger partial charge in [0.1, 0.15) is 0 Å². The lowest BCUT2D eigenvalue weighted by atomic mass is 9.94. The smallest absolute Gasteiger partial charge is 0.0498 e. The van der Waals surface area contributed by atoms with E-state index in [4.69, 9.17) is 5.73 Å². The molecule has 0 aromatic heterocycles. The molecule has 0 aliphatic rings. The summed E-state index contributed by atoms with van der Waals surface area (Å²) in [5, 5.41) is 0. The Kier molecular flexibility index (Phi) is 5.16. The van der Waals surface area contributed by atoms with E-state index < -0.39 is 0 Å². The Morgan fingerprint density at radius 2 is 1.94 bits per heavy atom. The van der Waals surface area contributed by atoms with Crippen molar-refractivity contribution >= 4 is 0 Å². The molecule has 0 spiro atoms. The average Bonchev–Trinajstić information content (AvgIpc) is 2.28. The van der Waals surface area contributed by atoms with Gasteiger partial charge in [0, 0.05) is 18.1 Å². The molecule has 2 nitrogen and oxygen atoms in total. The van der Waals surface area contributed by atoms with Gasteiger partial charge in [-0.2, -0.15) is 0 Å². The summed E-state index contributed by atoms with van der Waals surface area (Å²) in [6.45, 7) is 8.71. The Morgan fingerprint density at radius 1 is 1.29 bits per heavy atom. The molecule has 1 aromatic carbocycles. The van der Waals surface area contributed by atoms with E-state index in [-0.39, 0.29) is 6.04 Å². The van der Waals surface area contributed by atoms with Gasteiger partial charge in [-0.25, -0.2) is 0 Å². The molecule has 0 heterocycles. The van der Waals surface area contributed by atoms with E-state index in [2.05, 4.69) is 63.9 Å². The first-order valence-corrected chi connectivity index (χ1v) is 6.51. The maximum absolute atomic E-state index is 6.30. The first-order chi connectivity index (χ1) is 7.97. The van der Waals surface area contributed by atoms with Crippen LogP contribution in [0.1, 0.15) is 44.4 Å². The van der Waals surface area contributed by atoms with Crippen molar-refractivity contribution in [3.8, 4) is 0 Å². The molecule has 2 unspecified atom stereocenters. The van der Waals surface area contributed by atoms with Gasteiger partial charge < -0.3 is 5.73 Å². The second-order valence-corrected chi connectivity index (χ2v) is 5.19. The normalized spacial score (nSPS) is 15.3. The van der Waals surface area contributed by atoms with E-state index in [1.807, 2.05) is 0 Å². The molecular formula is C15H26N2. The van der Waals surface area contributed by atoms with Crippen LogP contribution < -0.4 is 5.73 Å². The summed E-state index contributed by atoms with van der Waals surface area (Å²) in [5.41, 5.74) is 8.92. The summed E-state index contributed by atoms with van der Waals surface area (Å²) in [6, 6.07) is 9.68. The molecule has 0 saturated carbocycles. The monoisotopic (exact) mass is 234 g/mol. The van der Waals surface area contributed by atoms with Gasteiger partial charge in [0.2, 0.25) is 0 Å². The van der Waals surface area contributed by atoms with Crippen LogP contribution in [0.15, 0.2) is 24.3 Å². The van der Waals surface area contributed by atoms with Crippen molar-refractivity contribution in [2.45, 2.75) is 52.2 Å². The van der Waals surface area contributed by atoms with Crippen molar-refractivity contribution in [2.75, 3.05) is 7.05 Å². The summed E-state index contributed by atoms with van der Waals surface area (Å²) >= 11 is 0. The first kappa shape index (κ1) is 14.2. The zero-order valence-electron chi connectivity index (χ0n) is 11.8. The van der Waals surface area contributed by atoms with E-state index in [0.29, 0.717) is 12.1 Å². The van der Waals surface area contributed by atoms with Gasteiger partial charge in [-0.05, 0) is 39.8 Å². The quantitative estimate of drug-likeness (QED) is 0.848. The zero-order chi connectivity index (χ0) is 13.0. The zero-order valence-corrected chi connectivity index (χ0v) is 11.8. The third-order valence-electron chi connectivity index (χ3n) is 3.51. The number of nitrogens with zero attached hydrogens (tertiary/aromatic N) is 1. The minimum absolute atomic E-state index is 0.184. The van der Waals surface area contributed by atoms with Crippen molar-refractivity contribution < 1.29 is 0 Å². The van der Waals surface area contributed by atoms with Crippen molar-refractivity contribution in [1.82, 2.24) is 4.90 Å². The van der Waals surface area contributed by atoms with Gasteiger partial charge in [0.25, 0.3) is 0 Å². The van der Waals surface area contributed by atoms with Crippen molar-refractivity contribution in [1.29, 1.82) is 0 Å². The third kappa shape index (κ3) is 3.55. The fourth-order valence-corrected chi connectivity index (χ4v) is 2.18. The SMILES string of the molecule is CCC(N)C(c1cccc(C)c1)N(C)C(C)C. The molecule has 0 fully saturated rings. The van der Waals surface area contributed by atoms with Crippen LogP contribution in [0.4, 0.5) is 0 Å². The molecule has 96 valence electrons. The van der Waals surface area contributed by atoms with Crippen molar-refractivity contribution in [2.24, 2.45) is 5.73 Å². The highest BCUT2D eigenvalue weighted by molar-refractivity contribution is 5.26. The van der Waals surface area contributed by atoms with E-state index >= 15 is 0 Å². The fraction of sp³-hybridized carbons (Fsp3) is 0.600.